The number of rotatable bonds is 8. The first kappa shape index (κ1) is 14.7. The van der Waals surface area contributed by atoms with Gasteiger partial charge in [-0.1, -0.05) is 13.8 Å². The molecule has 1 N–H and O–H groups in total. The van der Waals surface area contributed by atoms with Crippen LogP contribution in [0.25, 0.3) is 0 Å². The Bertz CT molecular complexity index is 339. The Kier molecular flexibility index (Phi) is 6.77. The fourth-order valence-electron chi connectivity index (χ4n) is 1.65. The Balaban J connectivity index is 2.54. The van der Waals surface area contributed by atoms with Crippen LogP contribution < -0.4 is 5.32 Å². The van der Waals surface area contributed by atoms with E-state index in [2.05, 4.69) is 47.1 Å². The molecule has 1 aromatic rings. The van der Waals surface area contributed by atoms with Gasteiger partial charge in [-0.25, -0.2) is 0 Å². The van der Waals surface area contributed by atoms with Gasteiger partial charge in [0.05, 0.1) is 29.1 Å². The van der Waals surface area contributed by atoms with Crippen LogP contribution in [0.2, 0.25) is 0 Å². The van der Waals surface area contributed by atoms with Crippen LogP contribution in [-0.4, -0.2) is 29.5 Å². The standard InChI is InChI=1S/C12H22BrN3O/c1-4-10-12(13)11(16(6-3)15-10)9-17-8-7-14-5-2/h14H,4-9H2,1-3H3. The number of nitrogens with zero attached hydrogens (tertiary/aromatic N) is 2. The molecule has 0 unspecified atom stereocenters. The number of ether oxygens (including phenoxy) is 1. The molecule has 0 fully saturated rings. The normalized spacial score (nSPS) is 11.1. The van der Waals surface area contributed by atoms with Crippen molar-refractivity contribution in [1.29, 1.82) is 0 Å². The molecule has 1 heterocycles. The summed E-state index contributed by atoms with van der Waals surface area (Å²) in [6, 6.07) is 0. The van der Waals surface area contributed by atoms with Crippen LogP contribution in [0.4, 0.5) is 0 Å². The molecule has 0 saturated carbocycles. The van der Waals surface area contributed by atoms with Gasteiger partial charge in [-0.15, -0.1) is 0 Å². The van der Waals surface area contributed by atoms with Crippen LogP contribution >= 0.6 is 15.9 Å². The molecule has 0 aromatic carbocycles. The van der Waals surface area contributed by atoms with Gasteiger partial charge >= 0.3 is 0 Å². The van der Waals surface area contributed by atoms with E-state index in [-0.39, 0.29) is 0 Å². The van der Waals surface area contributed by atoms with Crippen molar-refractivity contribution in [2.24, 2.45) is 0 Å². The summed E-state index contributed by atoms with van der Waals surface area (Å²) in [6.45, 7) is 10.4. The molecule has 17 heavy (non-hydrogen) atoms. The number of aromatic nitrogens is 2. The van der Waals surface area contributed by atoms with Crippen LogP contribution in [0.1, 0.15) is 32.2 Å². The van der Waals surface area contributed by atoms with Crippen LogP contribution in [0.15, 0.2) is 4.47 Å². The van der Waals surface area contributed by atoms with Gasteiger partial charge in [-0.05, 0) is 35.8 Å². The van der Waals surface area contributed by atoms with Gasteiger partial charge in [0.1, 0.15) is 0 Å². The molecule has 0 bridgehead atoms. The van der Waals surface area contributed by atoms with E-state index in [9.17, 15) is 0 Å². The third-order valence-electron chi connectivity index (χ3n) is 2.61. The fraction of sp³-hybridized carbons (Fsp3) is 0.750. The molecular formula is C12H22BrN3O. The minimum Gasteiger partial charge on any atom is -0.374 e. The highest BCUT2D eigenvalue weighted by Gasteiger charge is 2.13. The second-order valence-corrected chi connectivity index (χ2v) is 4.58. The van der Waals surface area contributed by atoms with E-state index in [1.807, 2.05) is 4.68 Å². The lowest BCUT2D eigenvalue weighted by Crippen LogP contribution is -2.19. The monoisotopic (exact) mass is 303 g/mol. The topological polar surface area (TPSA) is 39.1 Å². The molecule has 0 aliphatic carbocycles. The zero-order valence-corrected chi connectivity index (χ0v) is 12.5. The highest BCUT2D eigenvalue weighted by Crippen LogP contribution is 2.22. The Hall–Kier alpha value is -0.390. The van der Waals surface area contributed by atoms with Crippen molar-refractivity contribution < 1.29 is 4.74 Å². The smallest absolute Gasteiger partial charge is 0.0897 e. The van der Waals surface area contributed by atoms with E-state index in [0.717, 1.165) is 48.5 Å². The third kappa shape index (κ3) is 4.08. The second kappa shape index (κ2) is 7.84. The van der Waals surface area contributed by atoms with Crippen molar-refractivity contribution in [3.05, 3.63) is 15.9 Å². The molecule has 0 atom stereocenters. The average Bonchev–Trinajstić information content (AvgIpc) is 2.65. The predicted octanol–water partition coefficient (Wildman–Crippen LogP) is 2.35. The van der Waals surface area contributed by atoms with Gasteiger partial charge in [-0.3, -0.25) is 4.68 Å². The first-order valence-electron chi connectivity index (χ1n) is 6.27. The van der Waals surface area contributed by atoms with Crippen LogP contribution in [0.5, 0.6) is 0 Å². The van der Waals surface area contributed by atoms with E-state index in [4.69, 9.17) is 4.74 Å². The van der Waals surface area contributed by atoms with Crippen LogP contribution in [0.3, 0.4) is 0 Å². The van der Waals surface area contributed by atoms with E-state index in [1.54, 1.807) is 0 Å². The van der Waals surface area contributed by atoms with Gasteiger partial charge in [0.15, 0.2) is 0 Å². The third-order valence-corrected chi connectivity index (χ3v) is 3.52. The molecule has 5 heteroatoms. The fourth-order valence-corrected chi connectivity index (χ4v) is 2.32. The van der Waals surface area contributed by atoms with Crippen molar-refractivity contribution >= 4 is 15.9 Å². The van der Waals surface area contributed by atoms with Crippen molar-refractivity contribution in [2.45, 2.75) is 40.3 Å². The highest BCUT2D eigenvalue weighted by atomic mass is 79.9. The minimum atomic E-state index is 0.618. The number of hydrogen-bond acceptors (Lipinski definition) is 3. The quantitative estimate of drug-likeness (QED) is 0.749. The number of hydrogen-bond donors (Lipinski definition) is 1. The van der Waals surface area contributed by atoms with E-state index < -0.39 is 0 Å². The van der Waals surface area contributed by atoms with Crippen molar-refractivity contribution in [3.63, 3.8) is 0 Å². The van der Waals surface area contributed by atoms with Gasteiger partial charge in [0, 0.05) is 13.1 Å². The summed E-state index contributed by atoms with van der Waals surface area (Å²) in [5.74, 6) is 0. The van der Waals surface area contributed by atoms with E-state index in [0.29, 0.717) is 6.61 Å². The molecule has 1 rings (SSSR count). The zero-order chi connectivity index (χ0) is 12.7. The van der Waals surface area contributed by atoms with Gasteiger partial charge in [0.2, 0.25) is 0 Å². The minimum absolute atomic E-state index is 0.618. The Morgan fingerprint density at radius 2 is 2.12 bits per heavy atom. The first-order chi connectivity index (χ1) is 8.24. The molecular weight excluding hydrogens is 282 g/mol. The highest BCUT2D eigenvalue weighted by molar-refractivity contribution is 9.10. The summed E-state index contributed by atoms with van der Waals surface area (Å²) in [5.41, 5.74) is 2.25. The summed E-state index contributed by atoms with van der Waals surface area (Å²) in [6.07, 6.45) is 0.942. The summed E-state index contributed by atoms with van der Waals surface area (Å²) in [7, 11) is 0. The molecule has 1 aromatic heterocycles. The summed E-state index contributed by atoms with van der Waals surface area (Å²) < 4.78 is 8.76. The number of likely N-dealkylation sites (N-methyl/N-ethyl adjacent to an activating group) is 1. The van der Waals surface area contributed by atoms with Crippen LogP contribution in [0, 0.1) is 0 Å². The Morgan fingerprint density at radius 3 is 2.71 bits per heavy atom. The van der Waals surface area contributed by atoms with Crippen molar-refractivity contribution in [2.75, 3.05) is 19.7 Å². The summed E-state index contributed by atoms with van der Waals surface area (Å²) in [5, 5.41) is 7.77. The van der Waals surface area contributed by atoms with Gasteiger partial charge < -0.3 is 10.1 Å². The molecule has 0 amide bonds. The molecule has 98 valence electrons. The molecule has 0 aliphatic rings. The lowest BCUT2D eigenvalue weighted by Gasteiger charge is -2.07. The van der Waals surface area contributed by atoms with E-state index >= 15 is 0 Å². The maximum atomic E-state index is 5.65. The SMILES string of the molecule is CCNCCOCc1c(Br)c(CC)nn1CC. The summed E-state index contributed by atoms with van der Waals surface area (Å²) in [4.78, 5) is 0. The average molecular weight is 304 g/mol. The van der Waals surface area contributed by atoms with Gasteiger partial charge in [0.25, 0.3) is 0 Å². The first-order valence-corrected chi connectivity index (χ1v) is 7.06. The number of aryl methyl sites for hydroxylation is 2. The maximum Gasteiger partial charge on any atom is 0.0897 e. The Labute approximate surface area is 112 Å². The molecule has 0 radical (unpaired) electrons. The number of nitrogens with one attached hydrogen (secondary N) is 1. The van der Waals surface area contributed by atoms with Crippen LogP contribution in [-0.2, 0) is 24.3 Å². The number of halogens is 1. The summed E-state index contributed by atoms with van der Waals surface area (Å²) >= 11 is 3.61. The van der Waals surface area contributed by atoms with E-state index in [1.165, 1.54) is 0 Å². The zero-order valence-electron chi connectivity index (χ0n) is 10.9. The maximum absolute atomic E-state index is 5.65. The van der Waals surface area contributed by atoms with Gasteiger partial charge in [-0.2, -0.15) is 5.10 Å². The Morgan fingerprint density at radius 1 is 1.35 bits per heavy atom. The van der Waals surface area contributed by atoms with Crippen molar-refractivity contribution in [1.82, 2.24) is 15.1 Å². The molecule has 0 saturated heterocycles. The second-order valence-electron chi connectivity index (χ2n) is 3.78. The van der Waals surface area contributed by atoms with Crippen molar-refractivity contribution in [3.8, 4) is 0 Å². The lowest BCUT2D eigenvalue weighted by molar-refractivity contribution is 0.117. The predicted molar refractivity (Wildman–Crippen MR) is 73.2 cm³/mol. The molecule has 4 nitrogen and oxygen atoms in total. The largest absolute Gasteiger partial charge is 0.374 e. The lowest BCUT2D eigenvalue weighted by atomic mass is 10.3. The molecule has 0 spiro atoms. The molecule has 0 aliphatic heterocycles.